The fourth-order valence-electron chi connectivity index (χ4n) is 9.69. The van der Waals surface area contributed by atoms with Crippen LogP contribution in [0.1, 0.15) is 150 Å². The number of hydrogen-bond acceptors (Lipinski definition) is 4. The van der Waals surface area contributed by atoms with Crippen molar-refractivity contribution in [1.82, 2.24) is 20.0 Å². The predicted octanol–water partition coefficient (Wildman–Crippen LogP) is 14.7. The number of piperidine rings is 2. The molecule has 7 rings (SSSR count). The lowest BCUT2D eigenvalue weighted by molar-refractivity contribution is 0.0589. The van der Waals surface area contributed by atoms with E-state index in [9.17, 15) is 4.79 Å². The molecule has 0 saturated carbocycles. The van der Waals surface area contributed by atoms with Gasteiger partial charge in [0.1, 0.15) is 0 Å². The van der Waals surface area contributed by atoms with E-state index in [4.69, 9.17) is 0 Å². The van der Waals surface area contributed by atoms with E-state index in [1.54, 1.807) is 5.57 Å². The molecule has 1 N–H and O–H groups in total. The minimum Gasteiger partial charge on any atom is -0.332 e. The van der Waals surface area contributed by atoms with Crippen molar-refractivity contribution in [3.63, 3.8) is 0 Å². The number of carbonyl (C=O) groups is 1. The van der Waals surface area contributed by atoms with Crippen LogP contribution in [-0.2, 0) is 18.5 Å². The minimum absolute atomic E-state index is 0.0672. The van der Waals surface area contributed by atoms with Gasteiger partial charge in [0.05, 0.1) is 0 Å². The van der Waals surface area contributed by atoms with Crippen molar-refractivity contribution in [2.45, 2.75) is 142 Å². The van der Waals surface area contributed by atoms with Crippen LogP contribution < -0.4 is 5.32 Å². The first-order valence-electron chi connectivity index (χ1n) is 26.3. The van der Waals surface area contributed by atoms with Crippen LogP contribution in [-0.4, -0.2) is 72.0 Å². The Morgan fingerprint density at radius 3 is 1.49 bits per heavy atom. The second kappa shape index (κ2) is 28.4. The Morgan fingerprint density at radius 2 is 1.01 bits per heavy atom. The summed E-state index contributed by atoms with van der Waals surface area (Å²) in [6.07, 6.45) is 18.9. The maximum Gasteiger partial charge on any atom is 0.254 e. The van der Waals surface area contributed by atoms with Gasteiger partial charge in [0.25, 0.3) is 5.91 Å². The molecule has 0 unspecified atom stereocenters. The maximum atomic E-state index is 14.2. The zero-order valence-electron chi connectivity index (χ0n) is 42.6. The van der Waals surface area contributed by atoms with Crippen LogP contribution in [0.25, 0.3) is 12.2 Å². The van der Waals surface area contributed by atoms with Crippen LogP contribution in [0.15, 0.2) is 157 Å². The lowest BCUT2D eigenvalue weighted by Gasteiger charge is -2.39. The molecular weight excluding hydrogens is 829 g/mol. The number of amides is 1. The summed E-state index contributed by atoms with van der Waals surface area (Å²) in [6, 6.07) is 52.2. The quantitative estimate of drug-likeness (QED) is 0.0745. The number of nitrogens with zero attached hydrogens (tertiary/aromatic N) is 3. The predicted molar refractivity (Wildman–Crippen MR) is 291 cm³/mol. The van der Waals surface area contributed by atoms with Crippen LogP contribution in [0.2, 0.25) is 0 Å². The van der Waals surface area contributed by atoms with Crippen molar-refractivity contribution in [2.75, 3.05) is 39.3 Å². The summed E-state index contributed by atoms with van der Waals surface area (Å²) >= 11 is 0. The Hall–Kier alpha value is -5.07. The molecule has 2 heterocycles. The van der Waals surface area contributed by atoms with Gasteiger partial charge in [0.2, 0.25) is 0 Å². The van der Waals surface area contributed by atoms with Crippen molar-refractivity contribution in [2.24, 2.45) is 0 Å². The molecule has 2 aliphatic rings. The second-order valence-corrected chi connectivity index (χ2v) is 20.5. The topological polar surface area (TPSA) is 38.8 Å². The molecule has 68 heavy (non-hydrogen) atoms. The first kappa shape index (κ1) is 52.3. The molecule has 1 amide bonds. The Labute approximate surface area is 412 Å². The summed E-state index contributed by atoms with van der Waals surface area (Å²) in [5, 5.41) is 3.86. The molecule has 5 heteroatoms. The first-order chi connectivity index (χ1) is 33.2. The molecule has 5 aromatic rings. The zero-order valence-corrected chi connectivity index (χ0v) is 42.6. The number of hydrogen-bond donors (Lipinski definition) is 1. The number of nitrogens with one attached hydrogen (secondary N) is 1. The van der Waals surface area contributed by atoms with E-state index in [1.165, 1.54) is 97.8 Å². The number of benzene rings is 5. The Kier molecular flexibility index (Phi) is 21.9. The van der Waals surface area contributed by atoms with Gasteiger partial charge >= 0.3 is 0 Å². The van der Waals surface area contributed by atoms with Crippen LogP contribution >= 0.6 is 0 Å². The standard InChI is InChI=1S/C37H48N2O.C26H36N2/c1-5-6-9-18-32(27-30-14-10-7-11-15-30)29-39(36(40)33-19-21-34(22-20-33)37(2,3)4)35-23-25-38(26-24-35)28-31-16-12-8-13-17-31;1-2-3-6-15-25(20-23-11-7-4-8-12-23)21-27-26-16-18-28(19-17-26)22-24-13-9-5-10-14-24/h7-8,10-17,19-22,27,35H,5-6,9,18,23-26,28-29H2,1-4H3;4-5,7-14,20,26-27H,2-3,6,15-19,21-22H2,1H3/b32-27+;25-20+. The van der Waals surface area contributed by atoms with Gasteiger partial charge in [-0.2, -0.15) is 0 Å². The molecule has 0 bridgehead atoms. The van der Waals surface area contributed by atoms with Gasteiger partial charge in [-0.15, -0.1) is 0 Å². The number of unbranched alkanes of at least 4 members (excludes halogenated alkanes) is 4. The average Bonchev–Trinajstić information content (AvgIpc) is 3.36. The molecule has 2 aliphatic heterocycles. The van der Waals surface area contributed by atoms with Gasteiger partial charge in [-0.3, -0.25) is 14.6 Å². The van der Waals surface area contributed by atoms with Gasteiger partial charge in [0, 0.05) is 56.9 Å². The third kappa shape index (κ3) is 18.1. The van der Waals surface area contributed by atoms with E-state index in [0.717, 1.165) is 64.0 Å². The number of rotatable bonds is 21. The van der Waals surface area contributed by atoms with E-state index in [-0.39, 0.29) is 17.4 Å². The Bertz CT molecular complexity index is 2200. The van der Waals surface area contributed by atoms with Gasteiger partial charge in [-0.1, -0.05) is 217 Å². The van der Waals surface area contributed by atoms with Crippen molar-refractivity contribution in [3.05, 3.63) is 190 Å². The van der Waals surface area contributed by atoms with E-state index in [0.29, 0.717) is 12.6 Å². The Balaban J connectivity index is 0.000000238. The summed E-state index contributed by atoms with van der Waals surface area (Å²) in [5.41, 5.74) is 10.4. The highest BCUT2D eigenvalue weighted by Gasteiger charge is 2.30. The van der Waals surface area contributed by atoms with Crippen LogP contribution in [0.5, 0.6) is 0 Å². The van der Waals surface area contributed by atoms with E-state index < -0.39 is 0 Å². The van der Waals surface area contributed by atoms with Crippen molar-refractivity contribution in [1.29, 1.82) is 0 Å². The highest BCUT2D eigenvalue weighted by molar-refractivity contribution is 5.94. The fraction of sp³-hybridized carbons (Fsp3) is 0.444. The van der Waals surface area contributed by atoms with E-state index >= 15 is 0 Å². The average molecular weight is 913 g/mol. The lowest BCUT2D eigenvalue weighted by Crippen LogP contribution is -2.48. The number of carbonyl (C=O) groups excluding carboxylic acids is 1. The lowest BCUT2D eigenvalue weighted by atomic mass is 9.86. The third-order valence-electron chi connectivity index (χ3n) is 13.9. The molecular formula is C63H84N4O. The largest absolute Gasteiger partial charge is 0.332 e. The zero-order chi connectivity index (χ0) is 47.8. The molecule has 0 aliphatic carbocycles. The monoisotopic (exact) mass is 913 g/mol. The van der Waals surface area contributed by atoms with E-state index in [2.05, 4.69) is 200 Å². The summed E-state index contributed by atoms with van der Waals surface area (Å²) in [6.45, 7) is 19.4. The second-order valence-electron chi connectivity index (χ2n) is 20.5. The fourth-order valence-corrected chi connectivity index (χ4v) is 9.69. The van der Waals surface area contributed by atoms with Gasteiger partial charge in [-0.05, 0) is 110 Å². The van der Waals surface area contributed by atoms with Crippen LogP contribution in [0.3, 0.4) is 0 Å². The van der Waals surface area contributed by atoms with Gasteiger partial charge in [-0.25, -0.2) is 0 Å². The SMILES string of the molecule is CCCCC/C(=C\c1ccccc1)CN(C(=O)c1ccc(C(C)(C)C)cc1)C1CCN(Cc2ccccc2)CC1.CCCCC/C(=C\c1ccccc1)CNC1CCN(Cc2ccccc2)CC1. The minimum atomic E-state index is 0.0672. The van der Waals surface area contributed by atoms with Crippen molar-refractivity contribution < 1.29 is 4.79 Å². The van der Waals surface area contributed by atoms with Crippen molar-refractivity contribution >= 4 is 18.1 Å². The van der Waals surface area contributed by atoms with Crippen LogP contribution in [0, 0.1) is 0 Å². The van der Waals surface area contributed by atoms with Gasteiger partial charge in [0.15, 0.2) is 0 Å². The van der Waals surface area contributed by atoms with Crippen LogP contribution in [0.4, 0.5) is 0 Å². The first-order valence-corrected chi connectivity index (χ1v) is 26.3. The molecule has 2 fully saturated rings. The molecule has 5 aromatic carbocycles. The number of likely N-dealkylation sites (tertiary alicyclic amines) is 2. The summed E-state index contributed by atoms with van der Waals surface area (Å²) in [7, 11) is 0. The molecule has 362 valence electrons. The molecule has 0 atom stereocenters. The highest BCUT2D eigenvalue weighted by Crippen LogP contribution is 2.27. The highest BCUT2D eigenvalue weighted by atomic mass is 16.2. The maximum absolute atomic E-state index is 14.2. The molecule has 5 nitrogen and oxygen atoms in total. The molecule has 0 aromatic heterocycles. The van der Waals surface area contributed by atoms with Gasteiger partial charge < -0.3 is 10.2 Å². The summed E-state index contributed by atoms with van der Waals surface area (Å²) in [5.74, 6) is 0.163. The Morgan fingerprint density at radius 1 is 0.574 bits per heavy atom. The molecule has 2 saturated heterocycles. The summed E-state index contributed by atoms with van der Waals surface area (Å²) < 4.78 is 0. The smallest absolute Gasteiger partial charge is 0.254 e. The van der Waals surface area contributed by atoms with Crippen molar-refractivity contribution in [3.8, 4) is 0 Å². The summed E-state index contributed by atoms with van der Waals surface area (Å²) in [4.78, 5) is 21.5. The third-order valence-corrected chi connectivity index (χ3v) is 13.9. The molecule has 0 spiro atoms. The van der Waals surface area contributed by atoms with E-state index in [1.807, 2.05) is 12.1 Å². The molecule has 0 radical (unpaired) electrons. The normalized spacial score (nSPS) is 15.7.